The number of thioether (sulfide) groups is 1. The van der Waals surface area contributed by atoms with E-state index in [-0.39, 0.29) is 11.7 Å². The van der Waals surface area contributed by atoms with Gasteiger partial charge in [-0.05, 0) is 60.7 Å². The molecule has 11 heteroatoms. The molecule has 0 unspecified atom stereocenters. The molecule has 31 heavy (non-hydrogen) atoms. The summed E-state index contributed by atoms with van der Waals surface area (Å²) in [6.45, 7) is 3.63. The van der Waals surface area contributed by atoms with Crippen LogP contribution in [-0.4, -0.2) is 37.4 Å². The molecule has 1 amide bonds. The quantitative estimate of drug-likeness (QED) is 0.364. The van der Waals surface area contributed by atoms with Crippen LogP contribution in [0.2, 0.25) is 10.0 Å². The molecule has 3 aromatic rings. The number of rotatable bonds is 5. The van der Waals surface area contributed by atoms with Crippen molar-refractivity contribution < 1.29 is 4.79 Å². The van der Waals surface area contributed by atoms with Gasteiger partial charge in [-0.3, -0.25) is 4.79 Å². The van der Waals surface area contributed by atoms with Crippen LogP contribution >= 0.6 is 50.9 Å². The maximum Gasteiger partial charge on any atom is 0.234 e. The Morgan fingerprint density at radius 2 is 2.03 bits per heavy atom. The van der Waals surface area contributed by atoms with E-state index in [9.17, 15) is 4.79 Å². The number of tetrazole rings is 1. The molecule has 0 fully saturated rings. The fourth-order valence-corrected chi connectivity index (χ4v) is 3.77. The van der Waals surface area contributed by atoms with E-state index in [4.69, 9.17) is 28.9 Å². The van der Waals surface area contributed by atoms with Crippen molar-refractivity contribution in [1.29, 1.82) is 0 Å². The number of anilines is 1. The van der Waals surface area contributed by atoms with E-state index in [1.165, 1.54) is 16.4 Å². The van der Waals surface area contributed by atoms with E-state index in [0.29, 0.717) is 32.1 Å². The van der Waals surface area contributed by atoms with Crippen LogP contribution in [0.3, 0.4) is 0 Å². The average molecular weight is 540 g/mol. The van der Waals surface area contributed by atoms with Crippen molar-refractivity contribution in [2.45, 2.75) is 24.5 Å². The zero-order valence-electron chi connectivity index (χ0n) is 16.5. The summed E-state index contributed by atoms with van der Waals surface area (Å²) in [5.41, 5.74) is 7.05. The number of halogens is 3. The van der Waals surface area contributed by atoms with Gasteiger partial charge in [0, 0.05) is 10.0 Å². The normalized spacial score (nSPS) is 11.0. The molecule has 0 saturated heterocycles. The smallest absolute Gasteiger partial charge is 0.234 e. The zero-order chi connectivity index (χ0) is 22.6. The fourth-order valence-electron chi connectivity index (χ4n) is 2.31. The molecule has 0 atom stereocenters. The third-order valence-corrected chi connectivity index (χ3v) is 5.73. The second kappa shape index (κ2) is 10.0. The number of carbonyl (C=O) groups excluding carboxylic acids is 1. The third-order valence-electron chi connectivity index (χ3n) is 3.68. The van der Waals surface area contributed by atoms with Crippen molar-refractivity contribution in [3.05, 3.63) is 56.5 Å². The average Bonchev–Trinajstić information content (AvgIpc) is 3.16. The summed E-state index contributed by atoms with van der Waals surface area (Å²) < 4.78 is 2.30. The van der Waals surface area contributed by atoms with Crippen LogP contribution in [0.1, 0.15) is 19.4 Å². The molecule has 1 heterocycles. The van der Waals surface area contributed by atoms with Gasteiger partial charge in [0.05, 0.1) is 32.7 Å². The van der Waals surface area contributed by atoms with Crippen LogP contribution < -0.4 is 11.1 Å². The molecular formula is C20H17BrCl2N6OS. The number of hydrogen-bond acceptors (Lipinski definition) is 6. The minimum absolute atomic E-state index is 0.0746. The predicted octanol–water partition coefficient (Wildman–Crippen LogP) is 4.55. The van der Waals surface area contributed by atoms with E-state index >= 15 is 0 Å². The summed E-state index contributed by atoms with van der Waals surface area (Å²) in [4.78, 5) is 12.4. The molecule has 0 spiro atoms. The highest BCUT2D eigenvalue weighted by atomic mass is 79.9. The maximum atomic E-state index is 12.4. The van der Waals surface area contributed by atoms with Gasteiger partial charge in [0.2, 0.25) is 11.1 Å². The number of carbonyl (C=O) groups is 1. The molecule has 0 saturated carbocycles. The second-order valence-corrected chi connectivity index (χ2v) is 9.64. The SMILES string of the molecule is CC(C)(N)C#Cc1ccc(NC(=O)CSc2nnnn2-c2cc(Br)ccc2Cl)c(Cl)c1. The Balaban J connectivity index is 1.66. The van der Waals surface area contributed by atoms with Gasteiger partial charge in [-0.2, -0.15) is 4.68 Å². The molecule has 3 N–H and O–H groups in total. The number of benzene rings is 2. The first-order chi connectivity index (χ1) is 14.6. The van der Waals surface area contributed by atoms with Crippen LogP contribution in [-0.2, 0) is 4.79 Å². The first-order valence-corrected chi connectivity index (χ1v) is 11.4. The predicted molar refractivity (Wildman–Crippen MR) is 128 cm³/mol. The highest BCUT2D eigenvalue weighted by Gasteiger charge is 2.15. The van der Waals surface area contributed by atoms with Crippen LogP contribution in [0, 0.1) is 11.8 Å². The van der Waals surface area contributed by atoms with Crippen molar-refractivity contribution in [2.24, 2.45) is 5.73 Å². The van der Waals surface area contributed by atoms with Crippen LogP contribution in [0.5, 0.6) is 0 Å². The van der Waals surface area contributed by atoms with E-state index < -0.39 is 5.54 Å². The van der Waals surface area contributed by atoms with Crippen molar-refractivity contribution in [1.82, 2.24) is 20.2 Å². The number of nitrogens with one attached hydrogen (secondary N) is 1. The van der Waals surface area contributed by atoms with Crippen LogP contribution in [0.25, 0.3) is 5.69 Å². The fraction of sp³-hybridized carbons (Fsp3) is 0.200. The first kappa shape index (κ1) is 23.6. The van der Waals surface area contributed by atoms with Crippen molar-refractivity contribution in [3.63, 3.8) is 0 Å². The molecule has 0 aliphatic heterocycles. The summed E-state index contributed by atoms with van der Waals surface area (Å²) in [5, 5.41) is 15.7. The van der Waals surface area contributed by atoms with Gasteiger partial charge in [0.25, 0.3) is 0 Å². The lowest BCUT2D eigenvalue weighted by atomic mass is 10.1. The molecule has 7 nitrogen and oxygen atoms in total. The van der Waals surface area contributed by atoms with Gasteiger partial charge in [0.1, 0.15) is 0 Å². The van der Waals surface area contributed by atoms with E-state index in [2.05, 4.69) is 48.6 Å². The van der Waals surface area contributed by atoms with Crippen LogP contribution in [0.4, 0.5) is 5.69 Å². The number of aromatic nitrogens is 4. The lowest BCUT2D eigenvalue weighted by molar-refractivity contribution is -0.113. The molecule has 2 aromatic carbocycles. The van der Waals surface area contributed by atoms with Gasteiger partial charge in [-0.1, -0.05) is 62.7 Å². The third kappa shape index (κ3) is 6.69. The highest BCUT2D eigenvalue weighted by molar-refractivity contribution is 9.10. The van der Waals surface area contributed by atoms with Gasteiger partial charge < -0.3 is 11.1 Å². The summed E-state index contributed by atoms with van der Waals surface area (Å²) in [5.74, 6) is 5.71. The Morgan fingerprint density at radius 1 is 1.26 bits per heavy atom. The lowest BCUT2D eigenvalue weighted by Gasteiger charge is -2.09. The zero-order valence-corrected chi connectivity index (χ0v) is 20.4. The molecule has 0 bridgehead atoms. The lowest BCUT2D eigenvalue weighted by Crippen LogP contribution is -2.29. The molecule has 0 aliphatic rings. The molecule has 3 rings (SSSR count). The molecule has 160 valence electrons. The van der Waals surface area contributed by atoms with Gasteiger partial charge in [0.15, 0.2) is 0 Å². The minimum Gasteiger partial charge on any atom is -0.324 e. The Morgan fingerprint density at radius 3 is 2.74 bits per heavy atom. The summed E-state index contributed by atoms with van der Waals surface area (Å²) in [6.07, 6.45) is 0. The molecule has 0 radical (unpaired) electrons. The Kier molecular flexibility index (Phi) is 7.62. The highest BCUT2D eigenvalue weighted by Crippen LogP contribution is 2.28. The first-order valence-electron chi connectivity index (χ1n) is 8.90. The van der Waals surface area contributed by atoms with Crippen molar-refractivity contribution >= 4 is 62.5 Å². The summed E-state index contributed by atoms with van der Waals surface area (Å²) in [7, 11) is 0. The van der Waals surface area contributed by atoms with Crippen LogP contribution in [0.15, 0.2) is 46.0 Å². The van der Waals surface area contributed by atoms with E-state index in [0.717, 1.165) is 4.47 Å². The molecule has 1 aromatic heterocycles. The van der Waals surface area contributed by atoms with Crippen molar-refractivity contribution in [2.75, 3.05) is 11.1 Å². The molecular weight excluding hydrogens is 523 g/mol. The van der Waals surface area contributed by atoms with Gasteiger partial charge in [-0.15, -0.1) is 5.10 Å². The van der Waals surface area contributed by atoms with E-state index in [1.54, 1.807) is 30.3 Å². The summed E-state index contributed by atoms with van der Waals surface area (Å²) >= 11 is 17.1. The second-order valence-electron chi connectivity index (χ2n) is 6.97. The van der Waals surface area contributed by atoms with Crippen molar-refractivity contribution in [3.8, 4) is 17.5 Å². The number of amides is 1. The Bertz CT molecular complexity index is 1180. The largest absolute Gasteiger partial charge is 0.324 e. The number of hydrogen-bond donors (Lipinski definition) is 2. The van der Waals surface area contributed by atoms with Gasteiger partial charge >= 0.3 is 0 Å². The maximum absolute atomic E-state index is 12.4. The molecule has 0 aliphatic carbocycles. The van der Waals surface area contributed by atoms with Gasteiger partial charge in [-0.25, -0.2) is 0 Å². The standard InChI is InChI=1S/C20H17BrCl2N6OS/c1-20(2,24)8-7-12-3-6-16(15(23)9-12)25-18(30)11-31-19-26-27-28-29(19)17-10-13(21)4-5-14(17)22/h3-6,9-10H,11,24H2,1-2H3,(H,25,30). The Labute approximate surface area is 202 Å². The number of nitrogens with two attached hydrogens (primary N) is 1. The monoisotopic (exact) mass is 538 g/mol. The Hall–Kier alpha value is -2.09. The number of nitrogens with zero attached hydrogens (tertiary/aromatic N) is 4. The van der Waals surface area contributed by atoms with E-state index in [1.807, 2.05) is 19.9 Å². The summed E-state index contributed by atoms with van der Waals surface area (Å²) in [6, 6.07) is 10.5. The topological polar surface area (TPSA) is 98.7 Å². The minimum atomic E-state index is -0.605.